The van der Waals surface area contributed by atoms with E-state index in [4.69, 9.17) is 21.1 Å². The SMILES string of the molecule is CC(C)Oc1ccccc1NC(=O)NCCOc1ccc(Cl)cc1. The van der Waals surface area contributed by atoms with Crippen LogP contribution in [0, 0.1) is 0 Å². The first kappa shape index (κ1) is 17.9. The molecule has 0 radical (unpaired) electrons. The van der Waals surface area contributed by atoms with E-state index in [1.54, 1.807) is 30.3 Å². The Hall–Kier alpha value is -2.40. The lowest BCUT2D eigenvalue weighted by atomic mass is 10.3. The summed E-state index contributed by atoms with van der Waals surface area (Å²) in [5.74, 6) is 1.34. The Bertz CT molecular complexity index is 660. The summed E-state index contributed by atoms with van der Waals surface area (Å²) in [4.78, 5) is 12.0. The highest BCUT2D eigenvalue weighted by Crippen LogP contribution is 2.24. The van der Waals surface area contributed by atoms with Crippen molar-refractivity contribution in [2.24, 2.45) is 0 Å². The van der Waals surface area contributed by atoms with Crippen molar-refractivity contribution in [2.75, 3.05) is 18.5 Å². The molecule has 2 rings (SSSR count). The number of anilines is 1. The smallest absolute Gasteiger partial charge is 0.319 e. The van der Waals surface area contributed by atoms with Crippen LogP contribution in [0.25, 0.3) is 0 Å². The number of urea groups is 1. The Kier molecular flexibility index (Phi) is 6.75. The fourth-order valence-electron chi connectivity index (χ4n) is 1.96. The van der Waals surface area contributed by atoms with Gasteiger partial charge in [-0.3, -0.25) is 0 Å². The zero-order valence-corrected chi connectivity index (χ0v) is 14.5. The molecular weight excluding hydrogens is 328 g/mol. The second-order valence-electron chi connectivity index (χ2n) is 5.35. The van der Waals surface area contributed by atoms with Gasteiger partial charge < -0.3 is 20.1 Å². The third kappa shape index (κ3) is 6.01. The van der Waals surface area contributed by atoms with Crippen LogP contribution in [0.2, 0.25) is 5.02 Å². The monoisotopic (exact) mass is 348 g/mol. The second kappa shape index (κ2) is 9.03. The van der Waals surface area contributed by atoms with Gasteiger partial charge in [-0.25, -0.2) is 4.79 Å². The predicted molar refractivity (Wildman–Crippen MR) is 96.2 cm³/mol. The van der Waals surface area contributed by atoms with Crippen LogP contribution < -0.4 is 20.1 Å². The number of carbonyl (C=O) groups is 1. The molecule has 0 fully saturated rings. The van der Waals surface area contributed by atoms with Crippen molar-refractivity contribution in [3.8, 4) is 11.5 Å². The van der Waals surface area contributed by atoms with E-state index in [1.807, 2.05) is 32.0 Å². The van der Waals surface area contributed by atoms with Gasteiger partial charge in [0.05, 0.1) is 18.3 Å². The molecule has 0 aliphatic heterocycles. The Labute approximate surface area is 146 Å². The van der Waals surface area contributed by atoms with Crippen LogP contribution in [0.1, 0.15) is 13.8 Å². The third-order valence-corrected chi connectivity index (χ3v) is 3.22. The lowest BCUT2D eigenvalue weighted by Gasteiger charge is -2.15. The van der Waals surface area contributed by atoms with Gasteiger partial charge in [0.15, 0.2) is 0 Å². The molecule has 2 aromatic carbocycles. The van der Waals surface area contributed by atoms with Gasteiger partial charge in [0.25, 0.3) is 0 Å². The summed E-state index contributed by atoms with van der Waals surface area (Å²) in [5, 5.41) is 6.17. The maximum absolute atomic E-state index is 12.0. The Morgan fingerprint density at radius 1 is 1.12 bits per heavy atom. The van der Waals surface area contributed by atoms with Crippen molar-refractivity contribution in [1.29, 1.82) is 0 Å². The molecule has 0 heterocycles. The van der Waals surface area contributed by atoms with Gasteiger partial charge in [0, 0.05) is 5.02 Å². The van der Waals surface area contributed by atoms with Crippen LogP contribution in [0.3, 0.4) is 0 Å². The van der Waals surface area contributed by atoms with Gasteiger partial charge in [0.1, 0.15) is 18.1 Å². The molecule has 2 amide bonds. The molecule has 0 aliphatic rings. The standard InChI is InChI=1S/C18H21ClN2O3/c1-13(2)24-17-6-4-3-5-16(17)21-18(22)20-11-12-23-15-9-7-14(19)8-10-15/h3-10,13H,11-12H2,1-2H3,(H2,20,21,22). The molecule has 6 heteroatoms. The van der Waals surface area contributed by atoms with Crippen molar-refractivity contribution < 1.29 is 14.3 Å². The molecule has 0 bridgehead atoms. The number of rotatable bonds is 7. The lowest BCUT2D eigenvalue weighted by molar-refractivity contribution is 0.240. The topological polar surface area (TPSA) is 59.6 Å². The van der Waals surface area contributed by atoms with Crippen LogP contribution in [0.15, 0.2) is 48.5 Å². The molecule has 2 aromatic rings. The van der Waals surface area contributed by atoms with Crippen molar-refractivity contribution in [3.63, 3.8) is 0 Å². The molecular formula is C18H21ClN2O3. The van der Waals surface area contributed by atoms with E-state index in [2.05, 4.69) is 10.6 Å². The van der Waals surface area contributed by atoms with Crippen LogP contribution in [0.4, 0.5) is 10.5 Å². The molecule has 0 aromatic heterocycles. The van der Waals surface area contributed by atoms with Crippen molar-refractivity contribution in [2.45, 2.75) is 20.0 Å². The van der Waals surface area contributed by atoms with Crippen molar-refractivity contribution in [1.82, 2.24) is 5.32 Å². The van der Waals surface area contributed by atoms with E-state index >= 15 is 0 Å². The summed E-state index contributed by atoms with van der Waals surface area (Å²) in [6.07, 6.45) is 0.0313. The van der Waals surface area contributed by atoms with E-state index in [0.717, 1.165) is 0 Å². The lowest BCUT2D eigenvalue weighted by Crippen LogP contribution is -2.32. The minimum Gasteiger partial charge on any atom is -0.492 e. The maximum atomic E-state index is 12.0. The van der Waals surface area contributed by atoms with E-state index < -0.39 is 0 Å². The predicted octanol–water partition coefficient (Wildman–Crippen LogP) is 4.33. The van der Waals surface area contributed by atoms with E-state index in [1.165, 1.54) is 0 Å². The van der Waals surface area contributed by atoms with Gasteiger partial charge in [-0.1, -0.05) is 23.7 Å². The van der Waals surface area contributed by atoms with Crippen LogP contribution >= 0.6 is 11.6 Å². The number of ether oxygens (including phenoxy) is 2. The summed E-state index contributed by atoms with van der Waals surface area (Å²) in [5.41, 5.74) is 0.627. The molecule has 2 N–H and O–H groups in total. The van der Waals surface area contributed by atoms with E-state index in [0.29, 0.717) is 35.4 Å². The number of nitrogens with one attached hydrogen (secondary N) is 2. The number of carbonyl (C=O) groups excluding carboxylic acids is 1. The average molecular weight is 349 g/mol. The number of amides is 2. The number of benzene rings is 2. The molecule has 5 nitrogen and oxygen atoms in total. The number of hydrogen-bond donors (Lipinski definition) is 2. The van der Waals surface area contributed by atoms with E-state index in [-0.39, 0.29) is 12.1 Å². The fraction of sp³-hybridized carbons (Fsp3) is 0.278. The fourth-order valence-corrected chi connectivity index (χ4v) is 2.08. The Balaban J connectivity index is 1.76. The number of hydrogen-bond acceptors (Lipinski definition) is 3. The first-order valence-electron chi connectivity index (χ1n) is 7.73. The zero-order valence-electron chi connectivity index (χ0n) is 13.7. The van der Waals surface area contributed by atoms with Gasteiger partial charge >= 0.3 is 6.03 Å². The molecule has 0 aliphatic carbocycles. The molecule has 0 saturated heterocycles. The summed E-state index contributed by atoms with van der Waals surface area (Å²) in [6.45, 7) is 4.61. The summed E-state index contributed by atoms with van der Waals surface area (Å²) in [7, 11) is 0. The van der Waals surface area contributed by atoms with Gasteiger partial charge in [-0.2, -0.15) is 0 Å². The van der Waals surface area contributed by atoms with Gasteiger partial charge in [-0.05, 0) is 50.2 Å². The highest BCUT2D eigenvalue weighted by atomic mass is 35.5. The summed E-state index contributed by atoms with van der Waals surface area (Å²) < 4.78 is 11.2. The van der Waals surface area contributed by atoms with Crippen LogP contribution in [-0.2, 0) is 0 Å². The molecule has 0 saturated carbocycles. The molecule has 0 spiro atoms. The highest BCUT2D eigenvalue weighted by Gasteiger charge is 2.08. The largest absolute Gasteiger partial charge is 0.492 e. The number of halogens is 1. The van der Waals surface area contributed by atoms with Crippen molar-refractivity contribution >= 4 is 23.3 Å². The highest BCUT2D eigenvalue weighted by molar-refractivity contribution is 6.30. The minimum absolute atomic E-state index is 0.0313. The van der Waals surface area contributed by atoms with E-state index in [9.17, 15) is 4.79 Å². The summed E-state index contributed by atoms with van der Waals surface area (Å²) >= 11 is 5.80. The molecule has 128 valence electrons. The van der Waals surface area contributed by atoms with Crippen LogP contribution in [0.5, 0.6) is 11.5 Å². The zero-order chi connectivity index (χ0) is 17.4. The third-order valence-electron chi connectivity index (χ3n) is 2.97. The second-order valence-corrected chi connectivity index (χ2v) is 5.78. The maximum Gasteiger partial charge on any atom is 0.319 e. The van der Waals surface area contributed by atoms with Gasteiger partial charge in [-0.15, -0.1) is 0 Å². The van der Waals surface area contributed by atoms with Crippen LogP contribution in [-0.4, -0.2) is 25.3 Å². The van der Waals surface area contributed by atoms with Gasteiger partial charge in [0.2, 0.25) is 0 Å². The molecule has 0 atom stereocenters. The first-order chi connectivity index (χ1) is 11.5. The minimum atomic E-state index is -0.311. The first-order valence-corrected chi connectivity index (χ1v) is 8.11. The summed E-state index contributed by atoms with van der Waals surface area (Å²) in [6, 6.07) is 14.1. The molecule has 0 unspecified atom stereocenters. The normalized spacial score (nSPS) is 10.3. The Morgan fingerprint density at radius 2 is 1.83 bits per heavy atom. The quantitative estimate of drug-likeness (QED) is 0.732. The van der Waals surface area contributed by atoms with Crippen molar-refractivity contribution in [3.05, 3.63) is 53.6 Å². The average Bonchev–Trinajstić information content (AvgIpc) is 2.55. The molecule has 24 heavy (non-hydrogen) atoms. The Morgan fingerprint density at radius 3 is 2.54 bits per heavy atom. The number of para-hydroxylation sites is 2.